The van der Waals surface area contributed by atoms with E-state index in [-0.39, 0.29) is 37.1 Å². The summed E-state index contributed by atoms with van der Waals surface area (Å²) in [5.74, 6) is 1.59. The second kappa shape index (κ2) is 14.8. The SMILES string of the molecule is COc1c(CN2O[C@@H](CN)[C@H]([C@H](C)O)[C@H]2C(=O)N[C@H]2C[C@H]3C[C@H]([C@@H]2C)C3(C)C)cccc1-c1cc(CNC(=O)NC(C)C)cc(N(C)C)c1. The van der Waals surface area contributed by atoms with E-state index in [2.05, 4.69) is 54.9 Å². The number of carbonyl (C=O) groups is 2. The Labute approximate surface area is 292 Å². The Hall–Kier alpha value is -3.38. The molecule has 270 valence electrons. The minimum atomic E-state index is -0.804. The minimum absolute atomic E-state index is 0.0331. The number of aliphatic hydroxyl groups excluding tert-OH is 1. The van der Waals surface area contributed by atoms with Gasteiger partial charge in [0.25, 0.3) is 0 Å². The third-order valence-electron chi connectivity index (χ3n) is 11.4. The van der Waals surface area contributed by atoms with Gasteiger partial charge in [-0.25, -0.2) is 4.79 Å². The van der Waals surface area contributed by atoms with E-state index in [0.717, 1.165) is 34.4 Å². The second-order valence-corrected chi connectivity index (χ2v) is 15.6. The molecule has 6 rings (SSSR count). The first-order valence-electron chi connectivity index (χ1n) is 17.8. The summed E-state index contributed by atoms with van der Waals surface area (Å²) in [4.78, 5) is 35.0. The van der Waals surface area contributed by atoms with E-state index in [9.17, 15) is 14.7 Å². The summed E-state index contributed by atoms with van der Waals surface area (Å²) in [5.41, 5.74) is 11.0. The molecular formula is C38H58N6O5. The zero-order valence-corrected chi connectivity index (χ0v) is 30.7. The molecule has 3 amide bonds. The number of urea groups is 1. The lowest BCUT2D eigenvalue weighted by Gasteiger charge is -2.62. The number of fused-ring (bicyclic) bond motifs is 2. The molecule has 1 heterocycles. The third-order valence-corrected chi connectivity index (χ3v) is 11.4. The van der Waals surface area contributed by atoms with Gasteiger partial charge in [-0.05, 0) is 86.1 Å². The fourth-order valence-corrected chi connectivity index (χ4v) is 8.56. The van der Waals surface area contributed by atoms with Gasteiger partial charge < -0.3 is 36.4 Å². The molecule has 2 bridgehead atoms. The number of hydrogen-bond donors (Lipinski definition) is 5. The Morgan fingerprint density at radius 3 is 2.49 bits per heavy atom. The Kier molecular flexibility index (Phi) is 11.2. The number of ether oxygens (including phenoxy) is 1. The van der Waals surface area contributed by atoms with Crippen molar-refractivity contribution in [1.29, 1.82) is 0 Å². The van der Waals surface area contributed by atoms with E-state index < -0.39 is 24.2 Å². The number of rotatable bonds is 12. The molecule has 3 saturated carbocycles. The largest absolute Gasteiger partial charge is 0.496 e. The molecule has 4 aliphatic rings. The molecule has 8 atom stereocenters. The van der Waals surface area contributed by atoms with Crippen LogP contribution in [0.1, 0.15) is 65.5 Å². The summed E-state index contributed by atoms with van der Waals surface area (Å²) < 4.78 is 6.07. The average molecular weight is 679 g/mol. The Morgan fingerprint density at radius 1 is 1.16 bits per heavy atom. The number of benzene rings is 2. The fourth-order valence-electron chi connectivity index (χ4n) is 8.56. The molecule has 2 aromatic rings. The quantitative estimate of drug-likeness (QED) is 0.224. The first kappa shape index (κ1) is 36.9. The highest BCUT2D eigenvalue weighted by molar-refractivity contribution is 5.83. The fraction of sp³-hybridized carbons (Fsp3) is 0.632. The van der Waals surface area contributed by atoms with E-state index in [1.165, 1.54) is 6.42 Å². The van der Waals surface area contributed by atoms with Crippen LogP contribution in [0, 0.1) is 29.1 Å². The normalized spacial score (nSPS) is 28.0. The lowest BCUT2D eigenvalue weighted by Crippen LogP contribution is -2.62. The molecule has 6 N–H and O–H groups in total. The van der Waals surface area contributed by atoms with Crippen LogP contribution in [-0.4, -0.2) is 80.2 Å². The number of amides is 3. The number of carbonyl (C=O) groups excluding carboxylic acids is 2. The van der Waals surface area contributed by atoms with Crippen LogP contribution in [0.4, 0.5) is 10.5 Å². The number of para-hydroxylation sites is 1. The molecule has 0 unspecified atom stereocenters. The summed E-state index contributed by atoms with van der Waals surface area (Å²) in [5, 5.41) is 21.8. The van der Waals surface area contributed by atoms with Crippen LogP contribution in [0.25, 0.3) is 11.1 Å². The lowest BCUT2D eigenvalue weighted by atomic mass is 9.45. The van der Waals surface area contributed by atoms with Crippen molar-refractivity contribution in [3.8, 4) is 16.9 Å². The van der Waals surface area contributed by atoms with Crippen molar-refractivity contribution in [3.63, 3.8) is 0 Å². The maximum atomic E-state index is 14.2. The van der Waals surface area contributed by atoms with Crippen molar-refractivity contribution in [2.24, 2.45) is 34.8 Å². The molecule has 0 aromatic heterocycles. The van der Waals surface area contributed by atoms with E-state index >= 15 is 0 Å². The van der Waals surface area contributed by atoms with Crippen LogP contribution in [0.15, 0.2) is 36.4 Å². The number of aliphatic hydroxyl groups is 1. The van der Waals surface area contributed by atoms with Gasteiger partial charge in [0, 0.05) is 62.0 Å². The maximum Gasteiger partial charge on any atom is 0.315 e. The van der Waals surface area contributed by atoms with Gasteiger partial charge in [0.1, 0.15) is 11.8 Å². The molecule has 49 heavy (non-hydrogen) atoms. The van der Waals surface area contributed by atoms with Crippen molar-refractivity contribution in [2.75, 3.05) is 32.6 Å². The van der Waals surface area contributed by atoms with E-state index in [4.69, 9.17) is 15.3 Å². The Bertz CT molecular complexity index is 1490. The van der Waals surface area contributed by atoms with Gasteiger partial charge in [-0.1, -0.05) is 39.0 Å². The van der Waals surface area contributed by atoms with Crippen LogP contribution < -0.4 is 31.3 Å². The zero-order chi connectivity index (χ0) is 35.8. The van der Waals surface area contributed by atoms with Gasteiger partial charge in [0.05, 0.1) is 25.9 Å². The van der Waals surface area contributed by atoms with Crippen LogP contribution >= 0.6 is 0 Å². The molecule has 1 saturated heterocycles. The van der Waals surface area contributed by atoms with Crippen LogP contribution in [-0.2, 0) is 22.7 Å². The van der Waals surface area contributed by atoms with Gasteiger partial charge in [-0.2, -0.15) is 5.06 Å². The Balaban J connectivity index is 1.43. The number of hydroxylamine groups is 2. The van der Waals surface area contributed by atoms with Crippen molar-refractivity contribution < 1.29 is 24.3 Å². The predicted octanol–water partition coefficient (Wildman–Crippen LogP) is 4.26. The maximum absolute atomic E-state index is 14.2. The summed E-state index contributed by atoms with van der Waals surface area (Å²) >= 11 is 0. The molecular weight excluding hydrogens is 620 g/mol. The summed E-state index contributed by atoms with van der Waals surface area (Å²) in [6.45, 7) is 13.3. The van der Waals surface area contributed by atoms with Crippen LogP contribution in [0.3, 0.4) is 0 Å². The first-order chi connectivity index (χ1) is 23.2. The highest BCUT2D eigenvalue weighted by atomic mass is 16.7. The van der Waals surface area contributed by atoms with Crippen molar-refractivity contribution in [3.05, 3.63) is 47.5 Å². The minimum Gasteiger partial charge on any atom is -0.496 e. The highest BCUT2D eigenvalue weighted by Gasteiger charge is 2.57. The standard InChI is InChI=1S/C38H58N6O5/c1-21(2)41-37(47)40-19-24-13-26(15-28(14-24)43(7)8)29-12-10-11-25(35(29)48-9)20-44-34(33(23(4)45)32(18-39)49-44)36(46)42-31-17-27-16-30(22(31)3)38(27,5)6/h10-15,21-23,27,30-34,45H,16-20,39H2,1-9H3,(H,42,46)(H2,40,41,47)/t22-,23-,27+,30+,31-,32-,33-,34-/m0/s1. The number of nitrogens with one attached hydrogen (secondary N) is 3. The smallest absolute Gasteiger partial charge is 0.315 e. The molecule has 0 spiro atoms. The third kappa shape index (κ3) is 7.55. The highest BCUT2D eigenvalue weighted by Crippen LogP contribution is 2.61. The summed E-state index contributed by atoms with van der Waals surface area (Å²) in [6.07, 6.45) is 0.873. The number of nitrogens with two attached hydrogens (primary N) is 1. The van der Waals surface area contributed by atoms with E-state index in [0.29, 0.717) is 35.5 Å². The number of hydrogen-bond acceptors (Lipinski definition) is 8. The zero-order valence-electron chi connectivity index (χ0n) is 30.7. The van der Waals surface area contributed by atoms with Crippen molar-refractivity contribution in [2.45, 2.75) is 97.8 Å². The average Bonchev–Trinajstić information content (AvgIpc) is 3.42. The number of methoxy groups -OCH3 is 1. The van der Waals surface area contributed by atoms with Gasteiger partial charge in [0.2, 0.25) is 5.91 Å². The molecule has 3 aliphatic carbocycles. The molecule has 1 aliphatic heterocycles. The van der Waals surface area contributed by atoms with Gasteiger partial charge >= 0.3 is 6.03 Å². The van der Waals surface area contributed by atoms with E-state index in [1.54, 1.807) is 19.1 Å². The first-order valence-corrected chi connectivity index (χ1v) is 17.8. The van der Waals surface area contributed by atoms with E-state index in [1.807, 2.05) is 51.0 Å². The molecule has 0 radical (unpaired) electrons. The molecule has 4 fully saturated rings. The van der Waals surface area contributed by atoms with Crippen molar-refractivity contribution in [1.82, 2.24) is 21.0 Å². The monoisotopic (exact) mass is 678 g/mol. The van der Waals surface area contributed by atoms with Crippen LogP contribution in [0.5, 0.6) is 5.75 Å². The van der Waals surface area contributed by atoms with Gasteiger partial charge in [0.15, 0.2) is 0 Å². The predicted molar refractivity (Wildman–Crippen MR) is 193 cm³/mol. The summed E-state index contributed by atoms with van der Waals surface area (Å²) in [6, 6.07) is 11.3. The van der Waals surface area contributed by atoms with Crippen molar-refractivity contribution >= 4 is 17.6 Å². The topological polar surface area (TPSA) is 141 Å². The molecule has 11 heteroatoms. The van der Waals surface area contributed by atoms with Gasteiger partial charge in [-0.15, -0.1) is 0 Å². The lowest BCUT2D eigenvalue weighted by molar-refractivity contribution is -0.175. The van der Waals surface area contributed by atoms with Crippen LogP contribution in [0.2, 0.25) is 0 Å². The summed E-state index contributed by atoms with van der Waals surface area (Å²) in [7, 11) is 5.61. The second-order valence-electron chi connectivity index (χ2n) is 15.6. The Morgan fingerprint density at radius 2 is 1.90 bits per heavy atom. The molecule has 2 aromatic carbocycles. The number of anilines is 1. The van der Waals surface area contributed by atoms with Gasteiger partial charge in [-0.3, -0.25) is 9.63 Å². The molecule has 11 nitrogen and oxygen atoms in total. The number of nitrogens with zero attached hydrogens (tertiary/aromatic N) is 2.